The number of hydrogen-bond donors (Lipinski definition) is 1. The number of hydrogen-bond acceptors (Lipinski definition) is 2. The van der Waals surface area contributed by atoms with Crippen LogP contribution in [-0.2, 0) is 17.8 Å². The fourth-order valence-corrected chi connectivity index (χ4v) is 2.61. The summed E-state index contributed by atoms with van der Waals surface area (Å²) in [5.74, 6) is -0.191. The van der Waals surface area contributed by atoms with Crippen LogP contribution in [0.25, 0.3) is 0 Å². The lowest BCUT2D eigenvalue weighted by Crippen LogP contribution is -2.32. The number of urea groups is 1. The highest BCUT2D eigenvalue weighted by Crippen LogP contribution is 2.17. The first-order valence-electron chi connectivity index (χ1n) is 7.04. The van der Waals surface area contributed by atoms with E-state index in [0.717, 1.165) is 11.1 Å². The molecule has 1 saturated heterocycles. The second kappa shape index (κ2) is 6.20. The molecule has 4 nitrogen and oxygen atoms in total. The van der Waals surface area contributed by atoms with Crippen LogP contribution in [0, 0.1) is 0 Å². The standard InChI is InChI=1S/C17H15ClN2O2/c18-14-8-6-13(7-9-14)11-20-16(21)15(19-17(20)22)10-12-4-2-1-3-5-12/h1-9,15H,10-11H2,(H,19,22). The van der Waals surface area contributed by atoms with Crippen molar-refractivity contribution in [3.63, 3.8) is 0 Å². The summed E-state index contributed by atoms with van der Waals surface area (Å²) >= 11 is 5.84. The van der Waals surface area contributed by atoms with E-state index < -0.39 is 6.04 Å². The molecule has 0 aliphatic carbocycles. The van der Waals surface area contributed by atoms with Crippen molar-refractivity contribution in [2.75, 3.05) is 0 Å². The molecule has 1 N–H and O–H groups in total. The molecule has 2 aromatic carbocycles. The van der Waals surface area contributed by atoms with E-state index in [0.29, 0.717) is 11.4 Å². The maximum atomic E-state index is 12.4. The van der Waals surface area contributed by atoms with Crippen LogP contribution in [0.4, 0.5) is 4.79 Å². The minimum atomic E-state index is -0.498. The fraction of sp³-hybridized carbons (Fsp3) is 0.176. The molecular formula is C17H15ClN2O2. The number of amides is 3. The molecular weight excluding hydrogens is 300 g/mol. The Kier molecular flexibility index (Phi) is 4.11. The number of rotatable bonds is 4. The maximum absolute atomic E-state index is 12.4. The highest BCUT2D eigenvalue weighted by Gasteiger charge is 2.37. The Hall–Kier alpha value is -2.33. The average molecular weight is 315 g/mol. The second-order valence-corrected chi connectivity index (χ2v) is 5.68. The lowest BCUT2D eigenvalue weighted by molar-refractivity contribution is -0.127. The third kappa shape index (κ3) is 3.12. The first kappa shape index (κ1) is 14.6. The van der Waals surface area contributed by atoms with Crippen LogP contribution in [-0.4, -0.2) is 22.9 Å². The topological polar surface area (TPSA) is 49.4 Å². The van der Waals surface area contributed by atoms with Gasteiger partial charge in [-0.2, -0.15) is 0 Å². The summed E-state index contributed by atoms with van der Waals surface area (Å²) < 4.78 is 0. The highest BCUT2D eigenvalue weighted by atomic mass is 35.5. The van der Waals surface area contributed by atoms with Crippen molar-refractivity contribution in [2.45, 2.75) is 19.0 Å². The molecule has 1 unspecified atom stereocenters. The van der Waals surface area contributed by atoms with Crippen molar-refractivity contribution in [3.05, 3.63) is 70.7 Å². The molecule has 0 saturated carbocycles. The molecule has 2 aromatic rings. The molecule has 0 radical (unpaired) electrons. The van der Waals surface area contributed by atoms with E-state index in [4.69, 9.17) is 11.6 Å². The van der Waals surface area contributed by atoms with Gasteiger partial charge >= 0.3 is 6.03 Å². The van der Waals surface area contributed by atoms with Gasteiger partial charge in [0.05, 0.1) is 6.54 Å². The van der Waals surface area contributed by atoms with Crippen LogP contribution in [0.5, 0.6) is 0 Å². The Bertz CT molecular complexity index is 686. The third-order valence-electron chi connectivity index (χ3n) is 3.64. The predicted molar refractivity (Wildman–Crippen MR) is 84.5 cm³/mol. The number of carbonyl (C=O) groups is 2. The van der Waals surface area contributed by atoms with Crippen molar-refractivity contribution in [3.8, 4) is 0 Å². The van der Waals surface area contributed by atoms with Gasteiger partial charge in [-0.25, -0.2) is 4.79 Å². The van der Waals surface area contributed by atoms with E-state index in [1.165, 1.54) is 4.90 Å². The Morgan fingerprint density at radius 2 is 1.64 bits per heavy atom. The summed E-state index contributed by atoms with van der Waals surface area (Å²) in [4.78, 5) is 25.7. The van der Waals surface area contributed by atoms with Gasteiger partial charge in [-0.3, -0.25) is 9.69 Å². The molecule has 1 heterocycles. The van der Waals surface area contributed by atoms with E-state index in [2.05, 4.69) is 5.32 Å². The number of nitrogens with one attached hydrogen (secondary N) is 1. The summed E-state index contributed by atoms with van der Waals surface area (Å²) in [7, 11) is 0. The van der Waals surface area contributed by atoms with Crippen LogP contribution in [0.15, 0.2) is 54.6 Å². The lowest BCUT2D eigenvalue weighted by Gasteiger charge is -2.13. The quantitative estimate of drug-likeness (QED) is 0.882. The number of imide groups is 1. The molecule has 3 amide bonds. The summed E-state index contributed by atoms with van der Waals surface area (Å²) in [6, 6.07) is 15.9. The van der Waals surface area contributed by atoms with Gasteiger partial charge in [0.25, 0.3) is 5.91 Å². The molecule has 0 aromatic heterocycles. The van der Waals surface area contributed by atoms with Crippen LogP contribution in [0.1, 0.15) is 11.1 Å². The third-order valence-corrected chi connectivity index (χ3v) is 3.90. The minimum Gasteiger partial charge on any atom is -0.325 e. The minimum absolute atomic E-state index is 0.191. The van der Waals surface area contributed by atoms with Gasteiger partial charge in [0.1, 0.15) is 6.04 Å². The zero-order valence-corrected chi connectivity index (χ0v) is 12.6. The molecule has 22 heavy (non-hydrogen) atoms. The first-order valence-corrected chi connectivity index (χ1v) is 7.41. The van der Waals surface area contributed by atoms with Gasteiger partial charge in [0.2, 0.25) is 0 Å². The fourth-order valence-electron chi connectivity index (χ4n) is 2.49. The molecule has 1 fully saturated rings. The van der Waals surface area contributed by atoms with Gasteiger partial charge in [0.15, 0.2) is 0 Å². The lowest BCUT2D eigenvalue weighted by atomic mass is 10.1. The summed E-state index contributed by atoms with van der Waals surface area (Å²) in [6.07, 6.45) is 0.503. The first-order chi connectivity index (χ1) is 10.6. The van der Waals surface area contributed by atoms with E-state index in [-0.39, 0.29) is 18.5 Å². The Labute approximate surface area is 133 Å². The molecule has 112 valence electrons. The number of nitrogens with zero attached hydrogens (tertiary/aromatic N) is 1. The molecule has 3 rings (SSSR count). The molecule has 0 bridgehead atoms. The Morgan fingerprint density at radius 1 is 0.955 bits per heavy atom. The average Bonchev–Trinajstić information content (AvgIpc) is 2.78. The van der Waals surface area contributed by atoms with Crippen LogP contribution < -0.4 is 5.32 Å². The van der Waals surface area contributed by atoms with Crippen molar-refractivity contribution < 1.29 is 9.59 Å². The number of carbonyl (C=O) groups excluding carboxylic acids is 2. The monoisotopic (exact) mass is 314 g/mol. The number of benzene rings is 2. The maximum Gasteiger partial charge on any atom is 0.325 e. The zero-order valence-electron chi connectivity index (χ0n) is 11.8. The van der Waals surface area contributed by atoms with E-state index >= 15 is 0 Å². The van der Waals surface area contributed by atoms with Crippen molar-refractivity contribution in [1.29, 1.82) is 0 Å². The van der Waals surface area contributed by atoms with E-state index in [1.54, 1.807) is 12.1 Å². The summed E-state index contributed by atoms with van der Waals surface area (Å²) in [6.45, 7) is 0.257. The number of halogens is 1. The van der Waals surface area contributed by atoms with Gasteiger partial charge in [-0.15, -0.1) is 0 Å². The molecule has 5 heteroatoms. The van der Waals surface area contributed by atoms with Crippen LogP contribution in [0.3, 0.4) is 0 Å². The van der Waals surface area contributed by atoms with Gasteiger partial charge in [0, 0.05) is 11.4 Å². The van der Waals surface area contributed by atoms with Gasteiger partial charge < -0.3 is 5.32 Å². The second-order valence-electron chi connectivity index (χ2n) is 5.24. The van der Waals surface area contributed by atoms with E-state index in [9.17, 15) is 9.59 Å². The Balaban J connectivity index is 1.70. The van der Waals surface area contributed by atoms with Gasteiger partial charge in [-0.1, -0.05) is 54.1 Å². The molecule has 1 atom stereocenters. The van der Waals surface area contributed by atoms with Crippen molar-refractivity contribution in [2.24, 2.45) is 0 Å². The summed E-state index contributed by atoms with van der Waals surface area (Å²) in [5.41, 5.74) is 1.89. The summed E-state index contributed by atoms with van der Waals surface area (Å²) in [5, 5.41) is 3.37. The Morgan fingerprint density at radius 3 is 2.32 bits per heavy atom. The molecule has 1 aliphatic heterocycles. The van der Waals surface area contributed by atoms with Crippen LogP contribution >= 0.6 is 11.6 Å². The van der Waals surface area contributed by atoms with Gasteiger partial charge in [-0.05, 0) is 23.3 Å². The largest absolute Gasteiger partial charge is 0.325 e. The van der Waals surface area contributed by atoms with Crippen molar-refractivity contribution in [1.82, 2.24) is 10.2 Å². The molecule has 1 aliphatic rings. The van der Waals surface area contributed by atoms with Crippen molar-refractivity contribution >= 4 is 23.5 Å². The zero-order chi connectivity index (χ0) is 15.5. The smallest absolute Gasteiger partial charge is 0.325 e. The normalized spacial score (nSPS) is 17.7. The van der Waals surface area contributed by atoms with E-state index in [1.807, 2.05) is 42.5 Å². The van der Waals surface area contributed by atoms with Crippen LogP contribution in [0.2, 0.25) is 5.02 Å². The predicted octanol–water partition coefficient (Wildman–Crippen LogP) is 3.00. The SMILES string of the molecule is O=C1NC(Cc2ccccc2)C(=O)N1Cc1ccc(Cl)cc1. The molecule has 0 spiro atoms. The highest BCUT2D eigenvalue weighted by molar-refractivity contribution is 6.30.